The van der Waals surface area contributed by atoms with Gasteiger partial charge in [-0.1, -0.05) is 18.2 Å². The van der Waals surface area contributed by atoms with Crippen molar-refractivity contribution in [2.45, 2.75) is 19.3 Å². The van der Waals surface area contributed by atoms with Crippen molar-refractivity contribution in [1.82, 2.24) is 4.90 Å². The lowest BCUT2D eigenvalue weighted by Gasteiger charge is -2.31. The number of hydrogen-bond donors (Lipinski definition) is 1. The zero-order chi connectivity index (χ0) is 17.6. The number of benzene rings is 1. The second-order valence-corrected chi connectivity index (χ2v) is 7.01. The van der Waals surface area contributed by atoms with Crippen LogP contribution in [0.25, 0.3) is 0 Å². The summed E-state index contributed by atoms with van der Waals surface area (Å²) in [6.07, 6.45) is 1.72. The molecule has 0 spiro atoms. The van der Waals surface area contributed by atoms with Crippen LogP contribution in [0.4, 0.5) is 5.69 Å². The van der Waals surface area contributed by atoms with E-state index in [4.69, 9.17) is 5.26 Å². The van der Waals surface area contributed by atoms with Crippen molar-refractivity contribution in [1.29, 1.82) is 5.26 Å². The summed E-state index contributed by atoms with van der Waals surface area (Å²) < 4.78 is 0. The number of amides is 2. The second-order valence-electron chi connectivity index (χ2n) is 6.06. The Balaban J connectivity index is 1.51. The summed E-state index contributed by atoms with van der Waals surface area (Å²) >= 11 is 1.45. The van der Waals surface area contributed by atoms with Crippen molar-refractivity contribution >= 4 is 28.8 Å². The second kappa shape index (κ2) is 7.95. The van der Waals surface area contributed by atoms with Crippen molar-refractivity contribution in [3.8, 4) is 6.07 Å². The Morgan fingerprint density at radius 3 is 2.52 bits per heavy atom. The molecule has 1 saturated heterocycles. The molecule has 0 aliphatic carbocycles. The molecule has 0 atom stereocenters. The summed E-state index contributed by atoms with van der Waals surface area (Å²) in [5.74, 6) is -0.0237. The predicted molar refractivity (Wildman–Crippen MR) is 97.3 cm³/mol. The SMILES string of the molecule is N#CCc1ccc(NC(=O)C2CCN(C(=O)c3cccs3)CC2)cc1. The van der Waals surface area contributed by atoms with E-state index in [-0.39, 0.29) is 17.7 Å². The highest BCUT2D eigenvalue weighted by molar-refractivity contribution is 7.12. The summed E-state index contributed by atoms with van der Waals surface area (Å²) in [5.41, 5.74) is 1.67. The van der Waals surface area contributed by atoms with Crippen LogP contribution in [0.2, 0.25) is 0 Å². The number of rotatable bonds is 4. The Kier molecular flexibility index (Phi) is 5.46. The first-order valence-corrected chi connectivity index (χ1v) is 9.15. The van der Waals surface area contributed by atoms with E-state index in [0.29, 0.717) is 32.4 Å². The summed E-state index contributed by atoms with van der Waals surface area (Å²) in [7, 11) is 0. The number of nitriles is 1. The molecule has 0 unspecified atom stereocenters. The Labute approximate surface area is 150 Å². The van der Waals surface area contributed by atoms with E-state index >= 15 is 0 Å². The number of piperidine rings is 1. The summed E-state index contributed by atoms with van der Waals surface area (Å²) in [6.45, 7) is 1.21. The lowest BCUT2D eigenvalue weighted by molar-refractivity contribution is -0.121. The van der Waals surface area contributed by atoms with E-state index in [1.165, 1.54) is 11.3 Å². The molecule has 2 heterocycles. The van der Waals surface area contributed by atoms with Crippen molar-refractivity contribution in [2.75, 3.05) is 18.4 Å². The van der Waals surface area contributed by atoms with Crippen LogP contribution in [0.1, 0.15) is 28.1 Å². The molecule has 3 rings (SSSR count). The molecular formula is C19H19N3O2S. The van der Waals surface area contributed by atoms with E-state index in [9.17, 15) is 9.59 Å². The van der Waals surface area contributed by atoms with Gasteiger partial charge in [-0.2, -0.15) is 5.26 Å². The zero-order valence-corrected chi connectivity index (χ0v) is 14.6. The summed E-state index contributed by atoms with van der Waals surface area (Å²) in [4.78, 5) is 27.3. The maximum Gasteiger partial charge on any atom is 0.263 e. The fraction of sp³-hybridized carbons (Fsp3) is 0.316. The average Bonchev–Trinajstić information content (AvgIpc) is 3.18. The van der Waals surface area contributed by atoms with E-state index in [1.807, 2.05) is 46.7 Å². The number of carbonyl (C=O) groups excluding carboxylic acids is 2. The Bertz CT molecular complexity index is 770. The highest BCUT2D eigenvalue weighted by Gasteiger charge is 2.28. The molecule has 0 saturated carbocycles. The molecule has 1 aliphatic rings. The van der Waals surface area contributed by atoms with Crippen molar-refractivity contribution < 1.29 is 9.59 Å². The topological polar surface area (TPSA) is 73.2 Å². The van der Waals surface area contributed by atoms with Crippen LogP contribution in [-0.2, 0) is 11.2 Å². The molecule has 25 heavy (non-hydrogen) atoms. The highest BCUT2D eigenvalue weighted by Crippen LogP contribution is 2.22. The molecule has 5 nitrogen and oxygen atoms in total. The molecule has 128 valence electrons. The minimum atomic E-state index is -0.0776. The van der Waals surface area contributed by atoms with Gasteiger partial charge in [-0.3, -0.25) is 9.59 Å². The van der Waals surface area contributed by atoms with Gasteiger partial charge in [0.2, 0.25) is 5.91 Å². The molecule has 0 bridgehead atoms. The fourth-order valence-corrected chi connectivity index (χ4v) is 3.63. The van der Waals surface area contributed by atoms with Gasteiger partial charge in [0.1, 0.15) is 0 Å². The molecule has 6 heteroatoms. The van der Waals surface area contributed by atoms with Crippen molar-refractivity contribution in [3.63, 3.8) is 0 Å². The first-order valence-electron chi connectivity index (χ1n) is 8.27. The number of thiophene rings is 1. The van der Waals surface area contributed by atoms with Crippen LogP contribution in [0.5, 0.6) is 0 Å². The lowest BCUT2D eigenvalue weighted by atomic mass is 9.95. The third kappa shape index (κ3) is 4.25. The number of nitrogens with one attached hydrogen (secondary N) is 1. The van der Waals surface area contributed by atoms with Crippen molar-refractivity contribution in [2.24, 2.45) is 5.92 Å². The monoisotopic (exact) mass is 353 g/mol. The molecule has 1 N–H and O–H groups in total. The number of likely N-dealkylation sites (tertiary alicyclic amines) is 1. The largest absolute Gasteiger partial charge is 0.338 e. The smallest absolute Gasteiger partial charge is 0.263 e. The molecule has 1 aliphatic heterocycles. The van der Waals surface area contributed by atoms with Gasteiger partial charge < -0.3 is 10.2 Å². The minimum absolute atomic E-state index is 0.00347. The predicted octanol–water partition coefficient (Wildman–Crippen LogP) is 3.31. The maximum absolute atomic E-state index is 12.4. The third-order valence-corrected chi connectivity index (χ3v) is 5.25. The van der Waals surface area contributed by atoms with Gasteiger partial charge in [0.15, 0.2) is 0 Å². The van der Waals surface area contributed by atoms with E-state index in [1.54, 1.807) is 0 Å². The number of nitrogens with zero attached hydrogens (tertiary/aromatic N) is 2. The molecule has 0 radical (unpaired) electrons. The van der Waals surface area contributed by atoms with Crippen LogP contribution in [0.15, 0.2) is 41.8 Å². The first-order chi connectivity index (χ1) is 12.2. The van der Waals surface area contributed by atoms with Gasteiger partial charge in [-0.25, -0.2) is 0 Å². The van der Waals surface area contributed by atoms with Crippen LogP contribution >= 0.6 is 11.3 Å². The molecule has 1 aromatic carbocycles. The highest BCUT2D eigenvalue weighted by atomic mass is 32.1. The van der Waals surface area contributed by atoms with E-state index in [0.717, 1.165) is 16.1 Å². The summed E-state index contributed by atoms with van der Waals surface area (Å²) in [5, 5.41) is 13.5. The van der Waals surface area contributed by atoms with Gasteiger partial charge >= 0.3 is 0 Å². The fourth-order valence-electron chi connectivity index (χ4n) is 2.94. The maximum atomic E-state index is 12.4. The lowest BCUT2D eigenvalue weighted by Crippen LogP contribution is -2.41. The Morgan fingerprint density at radius 2 is 1.92 bits per heavy atom. The van der Waals surface area contributed by atoms with Gasteiger partial charge in [-0.15, -0.1) is 11.3 Å². The van der Waals surface area contributed by atoms with Crippen LogP contribution in [0, 0.1) is 17.2 Å². The normalized spacial score (nSPS) is 14.8. The zero-order valence-electron chi connectivity index (χ0n) is 13.8. The van der Waals surface area contributed by atoms with Crippen LogP contribution < -0.4 is 5.32 Å². The molecule has 2 amide bonds. The standard InChI is InChI=1S/C19H19N3O2S/c20-10-7-14-3-5-16(6-4-14)21-18(23)15-8-11-22(12-9-15)19(24)17-2-1-13-25-17/h1-6,13,15H,7-9,11-12H2,(H,21,23). The average molecular weight is 353 g/mol. The van der Waals surface area contributed by atoms with E-state index < -0.39 is 0 Å². The molecule has 2 aromatic rings. The van der Waals surface area contributed by atoms with E-state index in [2.05, 4.69) is 11.4 Å². The minimum Gasteiger partial charge on any atom is -0.338 e. The number of anilines is 1. The number of carbonyl (C=O) groups is 2. The van der Waals surface area contributed by atoms with Gasteiger partial charge in [0.05, 0.1) is 17.4 Å². The van der Waals surface area contributed by atoms with Gasteiger partial charge in [-0.05, 0) is 42.0 Å². The quantitative estimate of drug-likeness (QED) is 0.916. The summed E-state index contributed by atoms with van der Waals surface area (Å²) in [6, 6.07) is 13.1. The molecular weight excluding hydrogens is 334 g/mol. The van der Waals surface area contributed by atoms with Gasteiger partial charge in [0.25, 0.3) is 5.91 Å². The van der Waals surface area contributed by atoms with Crippen LogP contribution in [-0.4, -0.2) is 29.8 Å². The first kappa shape index (κ1) is 17.2. The third-order valence-electron chi connectivity index (χ3n) is 4.39. The van der Waals surface area contributed by atoms with Crippen LogP contribution in [0.3, 0.4) is 0 Å². The van der Waals surface area contributed by atoms with Crippen molar-refractivity contribution in [3.05, 3.63) is 52.2 Å². The molecule has 1 fully saturated rings. The Morgan fingerprint density at radius 1 is 1.20 bits per heavy atom. The van der Waals surface area contributed by atoms with Gasteiger partial charge in [0, 0.05) is 24.7 Å². The Hall–Kier alpha value is -2.65. The molecule has 1 aromatic heterocycles. The number of hydrogen-bond acceptors (Lipinski definition) is 4.